The van der Waals surface area contributed by atoms with Crippen molar-refractivity contribution in [2.24, 2.45) is 5.73 Å². The van der Waals surface area contributed by atoms with Crippen molar-refractivity contribution in [2.45, 2.75) is 31.8 Å². The number of para-hydroxylation sites is 1. The maximum atomic E-state index is 12.4. The average molecular weight is 326 g/mol. The lowest BCUT2D eigenvalue weighted by molar-refractivity contribution is -0.129. The van der Waals surface area contributed by atoms with Crippen molar-refractivity contribution < 1.29 is 9.53 Å². The fourth-order valence-electron chi connectivity index (χ4n) is 3.43. The van der Waals surface area contributed by atoms with Gasteiger partial charge in [-0.3, -0.25) is 19.7 Å². The lowest BCUT2D eigenvalue weighted by Crippen LogP contribution is -2.51. The number of rotatable bonds is 6. The zero-order chi connectivity index (χ0) is 17.0. The molecule has 2 N–H and O–H groups in total. The molecule has 2 aromatic rings. The summed E-state index contributed by atoms with van der Waals surface area (Å²) in [7, 11) is 0. The molecule has 0 spiro atoms. The molecule has 6 nitrogen and oxygen atoms in total. The largest absolute Gasteiger partial charge is 0.494 e. The van der Waals surface area contributed by atoms with Crippen LogP contribution in [0, 0.1) is 0 Å². The maximum absolute atomic E-state index is 12.4. The minimum atomic E-state index is -0.909. The molecule has 1 aliphatic rings. The molecule has 1 amide bonds. The molecule has 126 valence electrons. The molecule has 1 aromatic carbocycles. The van der Waals surface area contributed by atoms with Crippen LogP contribution in [0.3, 0.4) is 0 Å². The Labute approximate surface area is 141 Å². The highest BCUT2D eigenvalue weighted by atomic mass is 16.5. The van der Waals surface area contributed by atoms with Gasteiger partial charge in [0.05, 0.1) is 18.5 Å². The van der Waals surface area contributed by atoms with Crippen molar-refractivity contribution in [3.63, 3.8) is 0 Å². The standard InChI is InChI=1S/C18H22N4O2/c1-2-24-15-7-4-3-6-14(15)13-22-11-5-8-18(22,17(19)23)16-12-20-9-10-21-16/h3-4,6-7,9-10,12H,2,5,8,11,13H2,1H3,(H2,19,23). The van der Waals surface area contributed by atoms with Crippen LogP contribution in [0.4, 0.5) is 0 Å². The lowest BCUT2D eigenvalue weighted by Gasteiger charge is -2.35. The summed E-state index contributed by atoms with van der Waals surface area (Å²) in [5, 5.41) is 0. The molecule has 0 saturated carbocycles. The van der Waals surface area contributed by atoms with E-state index in [0.29, 0.717) is 25.3 Å². The highest BCUT2D eigenvalue weighted by molar-refractivity contribution is 5.86. The molecule has 1 atom stereocenters. The van der Waals surface area contributed by atoms with Crippen molar-refractivity contribution in [3.05, 3.63) is 54.1 Å². The molecule has 0 aliphatic carbocycles. The molecule has 2 heterocycles. The van der Waals surface area contributed by atoms with Gasteiger partial charge in [-0.15, -0.1) is 0 Å². The third kappa shape index (κ3) is 2.85. The zero-order valence-electron chi connectivity index (χ0n) is 13.8. The number of ether oxygens (including phenoxy) is 1. The van der Waals surface area contributed by atoms with Crippen LogP contribution in [0.5, 0.6) is 5.75 Å². The second-order valence-electron chi connectivity index (χ2n) is 5.88. The average Bonchev–Trinajstić information content (AvgIpc) is 3.02. The number of nitrogens with two attached hydrogens (primary N) is 1. The summed E-state index contributed by atoms with van der Waals surface area (Å²) in [5.41, 5.74) is 6.57. The fourth-order valence-corrected chi connectivity index (χ4v) is 3.43. The SMILES string of the molecule is CCOc1ccccc1CN1CCCC1(C(N)=O)c1cnccn1. The van der Waals surface area contributed by atoms with E-state index < -0.39 is 5.54 Å². The molecule has 0 bridgehead atoms. The summed E-state index contributed by atoms with van der Waals surface area (Å²) in [5.74, 6) is 0.457. The van der Waals surface area contributed by atoms with E-state index in [1.165, 1.54) is 0 Å². The van der Waals surface area contributed by atoms with Crippen LogP contribution >= 0.6 is 0 Å². The third-order valence-corrected chi connectivity index (χ3v) is 4.53. The summed E-state index contributed by atoms with van der Waals surface area (Å²) in [6, 6.07) is 7.89. The minimum absolute atomic E-state index is 0.380. The number of hydrogen-bond acceptors (Lipinski definition) is 5. The summed E-state index contributed by atoms with van der Waals surface area (Å²) >= 11 is 0. The van der Waals surface area contributed by atoms with Crippen LogP contribution in [0.15, 0.2) is 42.9 Å². The molecule has 3 rings (SSSR count). The van der Waals surface area contributed by atoms with Gasteiger partial charge < -0.3 is 10.5 Å². The van der Waals surface area contributed by atoms with Crippen molar-refractivity contribution in [1.82, 2.24) is 14.9 Å². The van der Waals surface area contributed by atoms with E-state index in [1.54, 1.807) is 18.6 Å². The molecule has 6 heteroatoms. The predicted molar refractivity (Wildman–Crippen MR) is 90.2 cm³/mol. The quantitative estimate of drug-likeness (QED) is 0.876. The lowest BCUT2D eigenvalue weighted by atomic mass is 9.90. The first-order valence-corrected chi connectivity index (χ1v) is 8.20. The number of hydrogen-bond donors (Lipinski definition) is 1. The van der Waals surface area contributed by atoms with Gasteiger partial charge >= 0.3 is 0 Å². The third-order valence-electron chi connectivity index (χ3n) is 4.53. The van der Waals surface area contributed by atoms with Gasteiger partial charge in [0.15, 0.2) is 0 Å². The van der Waals surface area contributed by atoms with E-state index in [0.717, 1.165) is 24.3 Å². The smallest absolute Gasteiger partial charge is 0.244 e. The maximum Gasteiger partial charge on any atom is 0.244 e. The Kier molecular flexibility index (Phi) is 4.76. The highest BCUT2D eigenvalue weighted by Gasteiger charge is 2.49. The topological polar surface area (TPSA) is 81.3 Å². The van der Waals surface area contributed by atoms with E-state index in [1.807, 2.05) is 31.2 Å². The van der Waals surface area contributed by atoms with E-state index in [-0.39, 0.29) is 5.91 Å². The number of aromatic nitrogens is 2. The highest BCUT2D eigenvalue weighted by Crippen LogP contribution is 2.39. The Morgan fingerprint density at radius 2 is 2.21 bits per heavy atom. The summed E-state index contributed by atoms with van der Waals surface area (Å²) in [6.07, 6.45) is 6.37. The van der Waals surface area contributed by atoms with Gasteiger partial charge in [-0.1, -0.05) is 18.2 Å². The normalized spacial score (nSPS) is 20.9. The number of nitrogens with zero attached hydrogens (tertiary/aromatic N) is 3. The number of carbonyl (C=O) groups excluding carboxylic acids is 1. The monoisotopic (exact) mass is 326 g/mol. The van der Waals surface area contributed by atoms with E-state index in [4.69, 9.17) is 10.5 Å². The Morgan fingerprint density at radius 1 is 1.38 bits per heavy atom. The van der Waals surface area contributed by atoms with Gasteiger partial charge in [0.1, 0.15) is 11.3 Å². The second kappa shape index (κ2) is 6.97. The Balaban J connectivity index is 1.96. The van der Waals surface area contributed by atoms with Gasteiger partial charge in [-0.05, 0) is 32.4 Å². The van der Waals surface area contributed by atoms with Crippen LogP contribution in [0.2, 0.25) is 0 Å². The molecule has 1 unspecified atom stereocenters. The summed E-state index contributed by atoms with van der Waals surface area (Å²) in [4.78, 5) is 23.0. The predicted octanol–water partition coefficient (Wildman–Crippen LogP) is 1.85. The first-order chi connectivity index (χ1) is 11.7. The van der Waals surface area contributed by atoms with Gasteiger partial charge in [0.2, 0.25) is 5.91 Å². The van der Waals surface area contributed by atoms with Crippen molar-refractivity contribution >= 4 is 5.91 Å². The molecular formula is C18H22N4O2. The van der Waals surface area contributed by atoms with Gasteiger partial charge in [-0.25, -0.2) is 0 Å². The molecule has 24 heavy (non-hydrogen) atoms. The molecule has 0 radical (unpaired) electrons. The molecule has 1 fully saturated rings. The second-order valence-corrected chi connectivity index (χ2v) is 5.88. The van der Waals surface area contributed by atoms with Gasteiger partial charge in [-0.2, -0.15) is 0 Å². The van der Waals surface area contributed by atoms with Crippen molar-refractivity contribution in [3.8, 4) is 5.75 Å². The zero-order valence-corrected chi connectivity index (χ0v) is 13.8. The van der Waals surface area contributed by atoms with Crippen molar-refractivity contribution in [1.29, 1.82) is 0 Å². The van der Waals surface area contributed by atoms with Crippen LogP contribution in [0.25, 0.3) is 0 Å². The number of primary amides is 1. The van der Waals surface area contributed by atoms with Crippen LogP contribution in [0.1, 0.15) is 31.0 Å². The summed E-state index contributed by atoms with van der Waals surface area (Å²) in [6.45, 7) is 3.91. The van der Waals surface area contributed by atoms with E-state index in [9.17, 15) is 4.79 Å². The number of likely N-dealkylation sites (tertiary alicyclic amines) is 1. The van der Waals surface area contributed by atoms with Crippen LogP contribution in [-0.2, 0) is 16.9 Å². The van der Waals surface area contributed by atoms with Crippen LogP contribution < -0.4 is 10.5 Å². The first kappa shape index (κ1) is 16.4. The van der Waals surface area contributed by atoms with Gasteiger partial charge in [0.25, 0.3) is 0 Å². The van der Waals surface area contributed by atoms with Gasteiger partial charge in [0, 0.05) is 24.5 Å². The Hall–Kier alpha value is -2.47. The fraction of sp³-hybridized carbons (Fsp3) is 0.389. The minimum Gasteiger partial charge on any atom is -0.494 e. The number of amides is 1. The Bertz CT molecular complexity index is 707. The van der Waals surface area contributed by atoms with E-state index >= 15 is 0 Å². The van der Waals surface area contributed by atoms with Crippen molar-refractivity contribution in [2.75, 3.05) is 13.2 Å². The molecular weight excluding hydrogens is 304 g/mol. The Morgan fingerprint density at radius 3 is 2.92 bits per heavy atom. The van der Waals surface area contributed by atoms with E-state index in [2.05, 4.69) is 14.9 Å². The first-order valence-electron chi connectivity index (χ1n) is 8.20. The summed E-state index contributed by atoms with van der Waals surface area (Å²) < 4.78 is 5.71. The van der Waals surface area contributed by atoms with Crippen LogP contribution in [-0.4, -0.2) is 33.9 Å². The number of benzene rings is 1. The molecule has 1 aromatic heterocycles. The molecule has 1 saturated heterocycles. The number of carbonyl (C=O) groups is 1. The molecule has 1 aliphatic heterocycles.